The van der Waals surface area contributed by atoms with Crippen molar-refractivity contribution in [1.29, 1.82) is 0 Å². The largest absolute Gasteiger partial charge is 0.494 e. The number of hydrogen-bond acceptors (Lipinski definition) is 3. The van der Waals surface area contributed by atoms with Crippen LogP contribution in [0.5, 0.6) is 5.75 Å². The van der Waals surface area contributed by atoms with Gasteiger partial charge in [0, 0.05) is 17.4 Å². The molecule has 96 valence electrons. The van der Waals surface area contributed by atoms with Crippen LogP contribution in [0.3, 0.4) is 0 Å². The van der Waals surface area contributed by atoms with Gasteiger partial charge in [0.05, 0.1) is 6.61 Å². The van der Waals surface area contributed by atoms with Crippen molar-refractivity contribution < 1.29 is 4.74 Å². The molecule has 0 bridgehead atoms. The molecule has 3 heteroatoms. The summed E-state index contributed by atoms with van der Waals surface area (Å²) in [5, 5.41) is 0.628. The Labute approximate surface area is 109 Å². The Morgan fingerprint density at radius 2 is 2.00 bits per heavy atom. The van der Waals surface area contributed by atoms with E-state index in [4.69, 9.17) is 10.5 Å². The molecule has 17 heavy (non-hydrogen) atoms. The van der Waals surface area contributed by atoms with Gasteiger partial charge in [0.2, 0.25) is 0 Å². The van der Waals surface area contributed by atoms with Crippen LogP contribution in [0.15, 0.2) is 18.2 Å². The Morgan fingerprint density at radius 3 is 2.53 bits per heavy atom. The Morgan fingerprint density at radius 1 is 1.29 bits per heavy atom. The number of rotatable bonds is 6. The van der Waals surface area contributed by atoms with Gasteiger partial charge in [-0.3, -0.25) is 0 Å². The van der Waals surface area contributed by atoms with E-state index < -0.39 is 0 Å². The molecule has 0 aliphatic carbocycles. The van der Waals surface area contributed by atoms with Gasteiger partial charge in [0.25, 0.3) is 0 Å². The van der Waals surface area contributed by atoms with E-state index in [0.29, 0.717) is 11.9 Å². The van der Waals surface area contributed by atoms with Crippen molar-refractivity contribution in [2.75, 3.05) is 6.61 Å². The lowest BCUT2D eigenvalue weighted by Gasteiger charge is -2.14. The monoisotopic (exact) mass is 253 g/mol. The first-order valence-electron chi connectivity index (χ1n) is 6.17. The number of nitrogens with two attached hydrogens (primary N) is 1. The van der Waals surface area contributed by atoms with Crippen LogP contribution in [0.4, 0.5) is 0 Å². The van der Waals surface area contributed by atoms with Gasteiger partial charge >= 0.3 is 0 Å². The minimum Gasteiger partial charge on any atom is -0.494 e. The molecule has 0 saturated carbocycles. The van der Waals surface area contributed by atoms with Gasteiger partial charge < -0.3 is 10.5 Å². The number of benzene rings is 1. The second kappa shape index (κ2) is 6.92. The van der Waals surface area contributed by atoms with E-state index in [2.05, 4.69) is 26.0 Å². The van der Waals surface area contributed by atoms with E-state index >= 15 is 0 Å². The molecule has 1 rings (SSSR count). The highest BCUT2D eigenvalue weighted by Crippen LogP contribution is 2.28. The van der Waals surface area contributed by atoms with E-state index in [-0.39, 0.29) is 6.04 Å². The SMILES string of the molecule is CCOc1ccc(C(C)N)cc1CSC(C)C. The molecule has 0 aliphatic rings. The third-order valence-electron chi connectivity index (χ3n) is 2.48. The molecule has 0 aromatic heterocycles. The lowest BCUT2D eigenvalue weighted by molar-refractivity contribution is 0.337. The summed E-state index contributed by atoms with van der Waals surface area (Å²) >= 11 is 1.92. The highest BCUT2D eigenvalue weighted by Gasteiger charge is 2.08. The molecule has 2 N–H and O–H groups in total. The first-order valence-corrected chi connectivity index (χ1v) is 7.22. The zero-order valence-electron chi connectivity index (χ0n) is 11.2. The zero-order valence-corrected chi connectivity index (χ0v) is 12.0. The fourth-order valence-corrected chi connectivity index (χ4v) is 2.29. The summed E-state index contributed by atoms with van der Waals surface area (Å²) in [5.41, 5.74) is 8.34. The highest BCUT2D eigenvalue weighted by molar-refractivity contribution is 7.99. The molecular weight excluding hydrogens is 230 g/mol. The zero-order chi connectivity index (χ0) is 12.8. The molecular formula is C14H23NOS. The topological polar surface area (TPSA) is 35.2 Å². The van der Waals surface area contributed by atoms with Crippen molar-refractivity contribution >= 4 is 11.8 Å². The standard InChI is InChI=1S/C14H23NOS/c1-5-16-14-7-6-12(11(4)15)8-13(14)9-17-10(2)3/h6-8,10-11H,5,9,15H2,1-4H3. The summed E-state index contributed by atoms with van der Waals surface area (Å²) in [5.74, 6) is 1.97. The smallest absolute Gasteiger partial charge is 0.123 e. The second-order valence-corrected chi connectivity index (χ2v) is 6.01. The van der Waals surface area contributed by atoms with Crippen molar-refractivity contribution in [2.24, 2.45) is 5.73 Å². The van der Waals surface area contributed by atoms with Gasteiger partial charge in [0.1, 0.15) is 5.75 Å². The van der Waals surface area contributed by atoms with E-state index in [1.165, 1.54) is 11.1 Å². The van der Waals surface area contributed by atoms with Crippen LogP contribution in [0.25, 0.3) is 0 Å². The van der Waals surface area contributed by atoms with Crippen LogP contribution in [0.2, 0.25) is 0 Å². The lowest BCUT2D eigenvalue weighted by Crippen LogP contribution is -2.06. The van der Waals surface area contributed by atoms with Crippen molar-refractivity contribution in [3.63, 3.8) is 0 Å². The number of ether oxygens (including phenoxy) is 1. The van der Waals surface area contributed by atoms with Crippen LogP contribution >= 0.6 is 11.8 Å². The summed E-state index contributed by atoms with van der Waals surface area (Å²) in [4.78, 5) is 0. The molecule has 0 saturated heterocycles. The Bertz CT molecular complexity index is 350. The lowest BCUT2D eigenvalue weighted by atomic mass is 10.1. The molecule has 2 nitrogen and oxygen atoms in total. The molecule has 1 atom stereocenters. The molecule has 1 aromatic carbocycles. The van der Waals surface area contributed by atoms with Crippen molar-refractivity contribution in [2.45, 2.75) is 44.7 Å². The molecule has 1 aromatic rings. The average Bonchev–Trinajstić information content (AvgIpc) is 2.27. The predicted molar refractivity (Wildman–Crippen MR) is 76.6 cm³/mol. The first-order chi connectivity index (χ1) is 8.04. The fraction of sp³-hybridized carbons (Fsp3) is 0.571. The fourth-order valence-electron chi connectivity index (χ4n) is 1.55. The Kier molecular flexibility index (Phi) is 5.86. The maximum atomic E-state index is 5.91. The van der Waals surface area contributed by atoms with E-state index in [1.54, 1.807) is 0 Å². The van der Waals surface area contributed by atoms with Crippen LogP contribution in [-0.4, -0.2) is 11.9 Å². The molecule has 0 fully saturated rings. The first kappa shape index (κ1) is 14.4. The molecule has 0 spiro atoms. The van der Waals surface area contributed by atoms with Gasteiger partial charge in [-0.1, -0.05) is 19.9 Å². The minimum atomic E-state index is 0.0773. The predicted octanol–water partition coefficient (Wildman–Crippen LogP) is 3.75. The van der Waals surface area contributed by atoms with Gasteiger partial charge in [-0.05, 0) is 36.8 Å². The Balaban J connectivity index is 2.90. The second-order valence-electron chi connectivity index (χ2n) is 4.45. The van der Waals surface area contributed by atoms with Gasteiger partial charge in [-0.15, -0.1) is 0 Å². The molecule has 0 heterocycles. The quantitative estimate of drug-likeness (QED) is 0.838. The minimum absolute atomic E-state index is 0.0773. The highest BCUT2D eigenvalue weighted by atomic mass is 32.2. The van der Waals surface area contributed by atoms with Gasteiger partial charge in [-0.25, -0.2) is 0 Å². The summed E-state index contributed by atoms with van der Waals surface area (Å²) in [7, 11) is 0. The third-order valence-corrected chi connectivity index (χ3v) is 3.63. The average molecular weight is 253 g/mol. The normalized spacial score (nSPS) is 12.8. The van der Waals surface area contributed by atoms with Crippen LogP contribution < -0.4 is 10.5 Å². The maximum absolute atomic E-state index is 5.91. The van der Waals surface area contributed by atoms with Gasteiger partial charge in [-0.2, -0.15) is 11.8 Å². The maximum Gasteiger partial charge on any atom is 0.123 e. The molecule has 0 aliphatic heterocycles. The molecule has 0 amide bonds. The molecule has 1 unspecified atom stereocenters. The van der Waals surface area contributed by atoms with E-state index in [0.717, 1.165) is 11.5 Å². The third kappa shape index (κ3) is 4.60. The van der Waals surface area contributed by atoms with E-state index in [1.807, 2.05) is 31.7 Å². The van der Waals surface area contributed by atoms with Crippen LogP contribution in [0, 0.1) is 0 Å². The summed E-state index contributed by atoms with van der Waals surface area (Å²) < 4.78 is 5.65. The summed E-state index contributed by atoms with van der Waals surface area (Å²) in [6.07, 6.45) is 0. The van der Waals surface area contributed by atoms with Crippen molar-refractivity contribution in [1.82, 2.24) is 0 Å². The van der Waals surface area contributed by atoms with Crippen molar-refractivity contribution in [3.8, 4) is 5.75 Å². The van der Waals surface area contributed by atoms with Crippen LogP contribution in [-0.2, 0) is 5.75 Å². The van der Waals surface area contributed by atoms with Crippen molar-refractivity contribution in [3.05, 3.63) is 29.3 Å². The van der Waals surface area contributed by atoms with Gasteiger partial charge in [0.15, 0.2) is 0 Å². The number of thioether (sulfide) groups is 1. The number of hydrogen-bond donors (Lipinski definition) is 1. The van der Waals surface area contributed by atoms with Crippen LogP contribution in [0.1, 0.15) is 44.9 Å². The Hall–Kier alpha value is -0.670. The molecule has 0 radical (unpaired) electrons. The summed E-state index contributed by atoms with van der Waals surface area (Å²) in [6.45, 7) is 9.14. The van der Waals surface area contributed by atoms with E-state index in [9.17, 15) is 0 Å². The summed E-state index contributed by atoms with van der Waals surface area (Å²) in [6, 6.07) is 6.34.